The maximum Gasteiger partial charge on any atom is 0.174 e. The quantitative estimate of drug-likeness (QED) is 0.152. The molecular formula is C46H46N10S2. The molecular weight excluding hydrogens is 757 g/mol. The van der Waals surface area contributed by atoms with E-state index in [1.807, 2.05) is 51.0 Å². The molecule has 10 rings (SSSR count). The number of hydrogen-bond acceptors (Lipinski definition) is 8. The van der Waals surface area contributed by atoms with Crippen molar-refractivity contribution in [2.24, 2.45) is 0 Å². The van der Waals surface area contributed by atoms with Crippen molar-refractivity contribution in [3.63, 3.8) is 0 Å². The molecule has 0 amide bonds. The maximum atomic E-state index is 4.85. The Bertz CT molecular complexity index is 2520. The smallest absolute Gasteiger partial charge is 0.174 e. The number of imidazole rings is 2. The van der Waals surface area contributed by atoms with Gasteiger partial charge in [-0.2, -0.15) is 32.9 Å². The van der Waals surface area contributed by atoms with E-state index in [4.69, 9.17) is 20.2 Å². The molecule has 8 aromatic rings. The Hall–Kier alpha value is -5.98. The lowest BCUT2D eigenvalue weighted by atomic mass is 9.93. The van der Waals surface area contributed by atoms with Crippen LogP contribution in [0.5, 0.6) is 0 Å². The largest absolute Gasteiger partial charge is 0.306 e. The zero-order valence-corrected chi connectivity index (χ0v) is 34.9. The van der Waals surface area contributed by atoms with Gasteiger partial charge in [-0.05, 0) is 157 Å². The molecule has 2 aliphatic rings. The van der Waals surface area contributed by atoms with E-state index in [0.29, 0.717) is 11.8 Å². The number of benzene rings is 2. The Balaban J connectivity index is 0.000000150. The molecule has 0 bridgehead atoms. The van der Waals surface area contributed by atoms with Gasteiger partial charge in [-0.1, -0.05) is 24.3 Å². The zero-order chi connectivity index (χ0) is 39.6. The zero-order valence-electron chi connectivity index (χ0n) is 33.2. The lowest BCUT2D eigenvalue weighted by molar-refractivity contribution is 0.446. The minimum Gasteiger partial charge on any atom is -0.306 e. The van der Waals surface area contributed by atoms with E-state index < -0.39 is 0 Å². The summed E-state index contributed by atoms with van der Waals surface area (Å²) < 4.78 is 8.30. The summed E-state index contributed by atoms with van der Waals surface area (Å²) in [4.78, 5) is 18.3. The lowest BCUT2D eigenvalue weighted by Crippen LogP contribution is -2.17. The molecule has 2 atom stereocenters. The number of thiophene rings is 2. The summed E-state index contributed by atoms with van der Waals surface area (Å²) in [6.45, 7) is 10.2. The Morgan fingerprint density at radius 3 is 1.43 bits per heavy atom. The molecule has 10 nitrogen and oxygen atoms in total. The highest BCUT2D eigenvalue weighted by Crippen LogP contribution is 2.35. The van der Waals surface area contributed by atoms with Crippen molar-refractivity contribution in [3.8, 4) is 11.4 Å². The molecule has 292 valence electrons. The van der Waals surface area contributed by atoms with E-state index in [0.717, 1.165) is 96.0 Å². The monoisotopic (exact) mass is 802 g/mol. The molecule has 2 aromatic carbocycles. The Kier molecular flexibility index (Phi) is 10.7. The van der Waals surface area contributed by atoms with Crippen LogP contribution in [0.3, 0.4) is 0 Å². The maximum absolute atomic E-state index is 4.85. The van der Waals surface area contributed by atoms with Gasteiger partial charge in [0, 0.05) is 48.7 Å². The lowest BCUT2D eigenvalue weighted by Gasteiger charge is -2.21. The fraction of sp³-hybridized carbons (Fsp3) is 0.261. The van der Waals surface area contributed by atoms with Crippen molar-refractivity contribution < 1.29 is 0 Å². The summed E-state index contributed by atoms with van der Waals surface area (Å²) in [5, 5.41) is 18.2. The minimum absolute atomic E-state index is 0.366. The van der Waals surface area contributed by atoms with Gasteiger partial charge in [0.05, 0.1) is 24.0 Å². The molecule has 6 aromatic heterocycles. The van der Waals surface area contributed by atoms with Crippen molar-refractivity contribution in [1.82, 2.24) is 48.6 Å². The Morgan fingerprint density at radius 2 is 1.05 bits per heavy atom. The number of fused-ring (bicyclic) bond motifs is 2. The van der Waals surface area contributed by atoms with Crippen LogP contribution < -0.4 is 0 Å². The van der Waals surface area contributed by atoms with Gasteiger partial charge < -0.3 is 9.13 Å². The molecule has 0 radical (unpaired) electrons. The average molecular weight is 803 g/mol. The highest BCUT2D eigenvalue weighted by Gasteiger charge is 2.26. The Morgan fingerprint density at radius 1 is 0.586 bits per heavy atom. The number of aromatic nitrogens is 10. The standard InChI is InChI=1S/2C23H23N5S/c2*1-16-12-18(5-7-21(16)27-13-17(2)24-15-27)6-8-22-25-23-20(19-9-11-29-14-19)4-3-10-28(23)26-22/h2*5-9,11-15,20H,3-4,10H2,1-2H3/b2*8-6+/t2*20-/m10/s1. The van der Waals surface area contributed by atoms with E-state index in [1.165, 1.54) is 22.3 Å². The van der Waals surface area contributed by atoms with Gasteiger partial charge in [0.2, 0.25) is 0 Å². The molecule has 12 heteroatoms. The third-order valence-corrected chi connectivity index (χ3v) is 12.3. The topological polar surface area (TPSA) is 97.1 Å². The van der Waals surface area contributed by atoms with Gasteiger partial charge in [-0.15, -0.1) is 0 Å². The fourth-order valence-electron chi connectivity index (χ4n) is 8.05. The SMILES string of the molecule is Cc1cn(-c2ccc(/C=C/c3nc4n(n3)CCC[C@@H]4c3ccsc3)cc2C)cn1.Cc1cn(-c2ccc(/C=C/c3nc4n(n3)CCC[C@H]4c3ccsc3)cc2C)cn1. The number of rotatable bonds is 8. The van der Waals surface area contributed by atoms with Crippen LogP contribution in [0.25, 0.3) is 35.7 Å². The van der Waals surface area contributed by atoms with Crippen LogP contribution >= 0.6 is 22.7 Å². The van der Waals surface area contributed by atoms with E-state index in [9.17, 15) is 0 Å². The first-order chi connectivity index (χ1) is 28.3. The summed E-state index contributed by atoms with van der Waals surface area (Å²) in [5.74, 6) is 4.49. The fourth-order valence-corrected chi connectivity index (χ4v) is 9.48. The Labute approximate surface area is 346 Å². The van der Waals surface area contributed by atoms with Gasteiger partial charge in [0.25, 0.3) is 0 Å². The van der Waals surface area contributed by atoms with E-state index in [-0.39, 0.29) is 0 Å². The first-order valence-corrected chi connectivity index (χ1v) is 21.8. The first-order valence-electron chi connectivity index (χ1n) is 19.9. The third-order valence-electron chi connectivity index (χ3n) is 10.9. The summed E-state index contributed by atoms with van der Waals surface area (Å²) >= 11 is 3.49. The molecule has 0 fully saturated rings. The van der Waals surface area contributed by atoms with Crippen LogP contribution in [0.1, 0.15) is 106 Å². The second-order valence-electron chi connectivity index (χ2n) is 15.2. The van der Waals surface area contributed by atoms with Crippen molar-refractivity contribution in [3.05, 3.63) is 163 Å². The van der Waals surface area contributed by atoms with Crippen LogP contribution in [-0.2, 0) is 13.1 Å². The first kappa shape index (κ1) is 37.6. The van der Waals surface area contributed by atoms with Crippen molar-refractivity contribution in [2.75, 3.05) is 0 Å². The number of aryl methyl sites for hydroxylation is 6. The normalized spacial score (nSPS) is 16.4. The predicted octanol–water partition coefficient (Wildman–Crippen LogP) is 10.5. The van der Waals surface area contributed by atoms with Gasteiger partial charge in [-0.3, -0.25) is 0 Å². The number of hydrogen-bond donors (Lipinski definition) is 0. The molecule has 0 aliphatic carbocycles. The molecule has 58 heavy (non-hydrogen) atoms. The summed E-state index contributed by atoms with van der Waals surface area (Å²) in [6.07, 6.45) is 20.6. The molecule has 0 spiro atoms. The average Bonchev–Trinajstić information content (AvgIpc) is 4.08. The van der Waals surface area contributed by atoms with E-state index in [1.54, 1.807) is 22.7 Å². The van der Waals surface area contributed by atoms with Crippen LogP contribution in [0.2, 0.25) is 0 Å². The molecule has 0 saturated carbocycles. The van der Waals surface area contributed by atoms with Gasteiger partial charge in [0.1, 0.15) is 11.6 Å². The van der Waals surface area contributed by atoms with Crippen molar-refractivity contribution >= 4 is 47.0 Å². The van der Waals surface area contributed by atoms with Gasteiger partial charge in [0.15, 0.2) is 11.6 Å². The highest BCUT2D eigenvalue weighted by molar-refractivity contribution is 7.08. The third kappa shape index (κ3) is 8.07. The summed E-state index contributed by atoms with van der Waals surface area (Å²) in [6, 6.07) is 17.3. The second-order valence-corrected chi connectivity index (χ2v) is 16.8. The van der Waals surface area contributed by atoms with Gasteiger partial charge >= 0.3 is 0 Å². The molecule has 0 N–H and O–H groups in total. The molecule has 2 aliphatic heterocycles. The van der Waals surface area contributed by atoms with Crippen LogP contribution in [0.15, 0.2) is 95.1 Å². The summed E-state index contributed by atoms with van der Waals surface area (Å²) in [5.41, 5.74) is 11.8. The van der Waals surface area contributed by atoms with Crippen molar-refractivity contribution in [2.45, 2.75) is 78.3 Å². The summed E-state index contributed by atoms with van der Waals surface area (Å²) in [7, 11) is 0. The van der Waals surface area contributed by atoms with E-state index >= 15 is 0 Å². The van der Waals surface area contributed by atoms with Gasteiger partial charge in [-0.25, -0.2) is 29.3 Å². The molecule has 0 saturated heterocycles. The predicted molar refractivity (Wildman–Crippen MR) is 235 cm³/mol. The van der Waals surface area contributed by atoms with Crippen LogP contribution in [0, 0.1) is 27.7 Å². The molecule has 8 heterocycles. The van der Waals surface area contributed by atoms with Crippen molar-refractivity contribution in [1.29, 1.82) is 0 Å². The minimum atomic E-state index is 0.366. The second kappa shape index (κ2) is 16.5. The highest BCUT2D eigenvalue weighted by atomic mass is 32.1. The molecule has 0 unspecified atom stereocenters. The number of nitrogens with zero attached hydrogens (tertiary/aromatic N) is 10. The van der Waals surface area contributed by atoms with Crippen LogP contribution in [0.4, 0.5) is 0 Å². The van der Waals surface area contributed by atoms with Crippen LogP contribution in [-0.4, -0.2) is 48.6 Å². The van der Waals surface area contributed by atoms with E-state index in [2.05, 4.69) is 125 Å².